The summed E-state index contributed by atoms with van der Waals surface area (Å²) in [5.74, 6) is -29.3. The van der Waals surface area contributed by atoms with E-state index in [2.05, 4.69) is 0 Å². The van der Waals surface area contributed by atoms with Gasteiger partial charge in [0.15, 0.2) is 0 Å². The molecule has 0 aliphatic carbocycles. The van der Waals surface area contributed by atoms with Crippen molar-refractivity contribution in [2.45, 2.75) is 35.6 Å². The minimum absolute atomic E-state index is 0. The van der Waals surface area contributed by atoms with Crippen LogP contribution in [0.4, 0.5) is 48.3 Å². The fraction of sp³-hybridized carbons (Fsp3) is 1.00. The van der Waals surface area contributed by atoms with Crippen molar-refractivity contribution >= 4 is 10.1 Å². The van der Waals surface area contributed by atoms with Gasteiger partial charge in [0.2, 0.25) is 0 Å². The van der Waals surface area contributed by atoms with Gasteiger partial charge in [0.25, 0.3) is 5.50 Å². The third kappa shape index (κ3) is 3.22. The number of hydrogen-bond donors (Lipinski definition) is 2. The summed E-state index contributed by atoms with van der Waals surface area (Å²) in [5.41, 5.74) is -5.46. The molecule has 1 atom stereocenters. The molecule has 0 aromatic carbocycles. The minimum Gasteiger partial charge on any atom is -0.344 e. The van der Waals surface area contributed by atoms with Crippen molar-refractivity contribution in [3.05, 3.63) is 0 Å². The van der Waals surface area contributed by atoms with E-state index in [0.717, 1.165) is 0 Å². The second kappa shape index (κ2) is 5.95. The van der Waals surface area contributed by atoms with Crippen LogP contribution in [0.15, 0.2) is 0 Å². The van der Waals surface area contributed by atoms with Gasteiger partial charge in [0, 0.05) is 0 Å². The van der Waals surface area contributed by atoms with Gasteiger partial charge in [-0.25, -0.2) is 13.2 Å². The predicted octanol–water partition coefficient (Wildman–Crippen LogP) is 3.14. The summed E-state index contributed by atoms with van der Waals surface area (Å²) in [7, 11) is -6.73. The highest BCUT2D eigenvalue weighted by molar-refractivity contribution is 7.86. The first-order valence-electron chi connectivity index (χ1n) is 4.25. The first kappa shape index (κ1) is 23.4. The molecule has 1 unspecified atom stereocenters. The lowest BCUT2D eigenvalue weighted by Gasteiger charge is -2.36. The molecule has 22 heavy (non-hydrogen) atoms. The molecule has 0 spiro atoms. The highest BCUT2D eigenvalue weighted by atomic mass is 32.2. The zero-order valence-corrected chi connectivity index (χ0v) is 10.5. The van der Waals surface area contributed by atoms with Crippen molar-refractivity contribution in [2.75, 3.05) is 0 Å². The van der Waals surface area contributed by atoms with Crippen molar-refractivity contribution in [1.82, 2.24) is 6.15 Å². The quantitative estimate of drug-likeness (QED) is 0.547. The van der Waals surface area contributed by atoms with Crippen LogP contribution in [0.5, 0.6) is 0 Å². The summed E-state index contributed by atoms with van der Waals surface area (Å²) in [5, 5.41) is 0. The van der Waals surface area contributed by atoms with Gasteiger partial charge < -0.3 is 6.15 Å². The minimum atomic E-state index is -7.57. The van der Waals surface area contributed by atoms with Crippen molar-refractivity contribution < 1.29 is 61.3 Å². The Kier molecular flexibility index (Phi) is 6.32. The molecular formula is C6H6F11NO3S. The molecule has 0 aliphatic heterocycles. The number of hydrogen-bond acceptors (Lipinski definition) is 3. The van der Waals surface area contributed by atoms with E-state index < -0.39 is 45.7 Å². The lowest BCUT2D eigenvalue weighted by atomic mass is 9.99. The molecule has 16 heteroatoms. The van der Waals surface area contributed by atoms with Crippen LogP contribution >= 0.6 is 0 Å². The van der Waals surface area contributed by atoms with E-state index in [-0.39, 0.29) is 6.15 Å². The molecule has 0 bridgehead atoms. The van der Waals surface area contributed by atoms with Crippen molar-refractivity contribution in [2.24, 2.45) is 0 Å². The number of alkyl halides is 11. The molecule has 4 nitrogen and oxygen atoms in total. The van der Waals surface area contributed by atoms with Gasteiger partial charge in [0.05, 0.1) is 0 Å². The predicted molar refractivity (Wildman–Crippen MR) is 47.3 cm³/mol. The fourth-order valence-corrected chi connectivity index (χ4v) is 1.41. The Hall–Kier alpha value is -0.900. The van der Waals surface area contributed by atoms with Crippen LogP contribution in [0.25, 0.3) is 0 Å². The van der Waals surface area contributed by atoms with Crippen LogP contribution in [0.2, 0.25) is 0 Å². The van der Waals surface area contributed by atoms with E-state index in [4.69, 9.17) is 4.55 Å². The maximum Gasteiger partial charge on any atom is 0.384 e. The lowest BCUT2D eigenvalue weighted by Crippen LogP contribution is -2.67. The Labute approximate surface area is 114 Å². The zero-order chi connectivity index (χ0) is 17.7. The summed E-state index contributed by atoms with van der Waals surface area (Å²) >= 11 is 0. The second-order valence-corrected chi connectivity index (χ2v) is 4.97. The summed E-state index contributed by atoms with van der Waals surface area (Å²) in [6.07, 6.45) is -5.56. The molecule has 0 saturated carbocycles. The van der Waals surface area contributed by atoms with Gasteiger partial charge >= 0.3 is 40.2 Å². The van der Waals surface area contributed by atoms with Gasteiger partial charge in [-0.3, -0.25) is 4.55 Å². The Morgan fingerprint density at radius 2 is 1.00 bits per heavy atom. The molecule has 4 N–H and O–H groups in total. The van der Waals surface area contributed by atoms with Crippen LogP contribution in [-0.2, 0) is 10.1 Å². The van der Waals surface area contributed by atoms with Gasteiger partial charge in [-0.1, -0.05) is 0 Å². The first-order chi connectivity index (χ1) is 8.85. The molecule has 136 valence electrons. The molecule has 0 aromatic rings. The van der Waals surface area contributed by atoms with Gasteiger partial charge in [-0.15, -0.1) is 0 Å². The second-order valence-electron chi connectivity index (χ2n) is 3.53. The number of halogens is 11. The first-order valence-corrected chi connectivity index (χ1v) is 5.75. The summed E-state index contributed by atoms with van der Waals surface area (Å²) < 4.78 is 164. The smallest absolute Gasteiger partial charge is 0.344 e. The van der Waals surface area contributed by atoms with E-state index in [9.17, 15) is 56.7 Å². The molecule has 0 heterocycles. The van der Waals surface area contributed by atoms with E-state index in [0.29, 0.717) is 0 Å². The molecule has 0 fully saturated rings. The SMILES string of the molecule is N.O=S(=O)(O)C(F)C(F)(F)C(F)(F)C(F)(F)C(F)(F)C(F)F. The molecule has 0 radical (unpaired) electrons. The van der Waals surface area contributed by atoms with Crippen LogP contribution in [0, 0.1) is 0 Å². The Bertz CT molecular complexity index is 490. The molecule has 0 aliphatic rings. The van der Waals surface area contributed by atoms with Gasteiger partial charge in [-0.2, -0.15) is 43.5 Å². The molecule has 0 aromatic heterocycles. The molecule has 0 saturated heterocycles. The van der Waals surface area contributed by atoms with E-state index in [1.165, 1.54) is 0 Å². The average Bonchev–Trinajstić information content (AvgIpc) is 2.25. The van der Waals surface area contributed by atoms with Gasteiger partial charge in [0.1, 0.15) is 0 Å². The normalized spacial score (nSPS) is 16.4. The summed E-state index contributed by atoms with van der Waals surface area (Å²) in [6.45, 7) is 0. The van der Waals surface area contributed by atoms with Crippen LogP contribution < -0.4 is 6.15 Å². The van der Waals surface area contributed by atoms with E-state index >= 15 is 0 Å². The Morgan fingerprint density at radius 3 is 1.23 bits per heavy atom. The molecular weight excluding hydrogens is 375 g/mol. The van der Waals surface area contributed by atoms with Crippen molar-refractivity contribution in [3.8, 4) is 0 Å². The monoisotopic (exact) mass is 381 g/mol. The van der Waals surface area contributed by atoms with Gasteiger partial charge in [-0.05, 0) is 0 Å². The van der Waals surface area contributed by atoms with Crippen LogP contribution in [-0.4, -0.2) is 48.6 Å². The average molecular weight is 381 g/mol. The standard InChI is InChI=1S/C6H3F11O3S.H3N/c7-1(8)3(10,11)5(14,15)6(16,17)4(12,13)2(9)21(18,19)20;/h1-2H,(H,18,19,20);1H3. The maximum atomic E-state index is 12.7. The Morgan fingerprint density at radius 1 is 0.727 bits per heavy atom. The summed E-state index contributed by atoms with van der Waals surface area (Å²) in [4.78, 5) is 0. The number of rotatable bonds is 6. The highest BCUT2D eigenvalue weighted by Gasteiger charge is 2.85. The van der Waals surface area contributed by atoms with E-state index in [1.807, 2.05) is 0 Å². The molecule has 0 amide bonds. The Balaban J connectivity index is 0. The maximum absolute atomic E-state index is 12.7. The molecule has 0 rings (SSSR count). The highest BCUT2D eigenvalue weighted by Crippen LogP contribution is 2.55. The third-order valence-corrected chi connectivity index (χ3v) is 2.87. The summed E-state index contributed by atoms with van der Waals surface area (Å²) in [6, 6.07) is 0. The van der Waals surface area contributed by atoms with Crippen molar-refractivity contribution in [3.63, 3.8) is 0 Å². The van der Waals surface area contributed by atoms with Crippen LogP contribution in [0.1, 0.15) is 0 Å². The fourth-order valence-electron chi connectivity index (χ4n) is 0.885. The lowest BCUT2D eigenvalue weighted by molar-refractivity contribution is -0.387. The largest absolute Gasteiger partial charge is 0.384 e. The zero-order valence-electron chi connectivity index (χ0n) is 9.69. The van der Waals surface area contributed by atoms with Crippen LogP contribution in [0.3, 0.4) is 0 Å². The third-order valence-electron chi connectivity index (χ3n) is 2.05. The topological polar surface area (TPSA) is 89.4 Å². The van der Waals surface area contributed by atoms with Crippen molar-refractivity contribution in [1.29, 1.82) is 0 Å². The van der Waals surface area contributed by atoms with E-state index in [1.54, 1.807) is 0 Å².